The van der Waals surface area contributed by atoms with E-state index in [1.165, 1.54) is 0 Å². The van der Waals surface area contributed by atoms with Gasteiger partial charge in [0.15, 0.2) is 0 Å². The molecule has 0 bridgehead atoms. The topological polar surface area (TPSA) is 20.2 Å². The van der Waals surface area contributed by atoms with Gasteiger partial charge >= 0.3 is 6.18 Å². The van der Waals surface area contributed by atoms with E-state index in [0.29, 0.717) is 12.1 Å². The predicted molar refractivity (Wildman–Crippen MR) is 42.4 cm³/mol. The van der Waals surface area contributed by atoms with Crippen LogP contribution in [0.5, 0.6) is 0 Å². The summed E-state index contributed by atoms with van der Waals surface area (Å²) in [5, 5.41) is 8.81. The van der Waals surface area contributed by atoms with Crippen molar-refractivity contribution < 1.29 is 31.4 Å². The molecule has 1 atom stereocenters. The minimum atomic E-state index is -4.98. The second-order valence-corrected chi connectivity index (χ2v) is 2.99. The van der Waals surface area contributed by atoms with E-state index in [2.05, 4.69) is 0 Å². The molecule has 1 aromatic carbocycles. The monoisotopic (exact) mass is 244 g/mol. The summed E-state index contributed by atoms with van der Waals surface area (Å²) < 4.78 is 73.8. The summed E-state index contributed by atoms with van der Waals surface area (Å²) in [6.07, 6.45) is -10.9. The third-order valence-corrected chi connectivity index (χ3v) is 1.89. The Balaban J connectivity index is 3.24. The maximum Gasteiger partial charge on any atom is 0.419 e. The van der Waals surface area contributed by atoms with Crippen LogP contribution in [0.4, 0.5) is 26.3 Å². The minimum Gasteiger partial charge on any atom is -0.382 e. The first-order valence-corrected chi connectivity index (χ1v) is 4.07. The molecule has 1 unspecified atom stereocenters. The van der Waals surface area contributed by atoms with Crippen molar-refractivity contribution in [2.75, 3.05) is 0 Å². The van der Waals surface area contributed by atoms with Crippen molar-refractivity contribution in [1.29, 1.82) is 0 Å². The molecular formula is C9H6F6O. The van der Waals surface area contributed by atoms with Gasteiger partial charge in [0, 0.05) is 5.56 Å². The molecule has 1 nitrogen and oxygen atoms in total. The molecule has 0 fully saturated rings. The number of rotatable bonds is 2. The summed E-state index contributed by atoms with van der Waals surface area (Å²) in [4.78, 5) is 0. The summed E-state index contributed by atoms with van der Waals surface area (Å²) in [5.41, 5.74) is -2.74. The summed E-state index contributed by atoms with van der Waals surface area (Å²) in [7, 11) is 0. The Bertz CT molecular complexity index is 373. The van der Waals surface area contributed by atoms with E-state index in [1.807, 2.05) is 0 Å². The minimum absolute atomic E-state index is 0.414. The highest BCUT2D eigenvalue weighted by Gasteiger charge is 2.36. The lowest BCUT2D eigenvalue weighted by Crippen LogP contribution is -2.15. The highest BCUT2D eigenvalue weighted by molar-refractivity contribution is 5.29. The molecule has 0 aromatic heterocycles. The zero-order valence-corrected chi connectivity index (χ0v) is 7.60. The number of aliphatic hydroxyl groups is 1. The van der Waals surface area contributed by atoms with Crippen LogP contribution in [-0.4, -0.2) is 11.5 Å². The molecule has 0 radical (unpaired) electrons. The number of halogens is 6. The number of alkyl halides is 5. The molecule has 0 spiro atoms. The van der Waals surface area contributed by atoms with Gasteiger partial charge in [0.05, 0.1) is 5.56 Å². The molecule has 1 rings (SSSR count). The molecular weight excluding hydrogens is 238 g/mol. The Morgan fingerprint density at radius 2 is 1.69 bits per heavy atom. The van der Waals surface area contributed by atoms with Crippen molar-refractivity contribution in [2.24, 2.45) is 0 Å². The summed E-state index contributed by atoms with van der Waals surface area (Å²) in [6.45, 7) is 0. The van der Waals surface area contributed by atoms with E-state index in [0.717, 1.165) is 6.07 Å². The smallest absolute Gasteiger partial charge is 0.382 e. The maximum atomic E-state index is 13.2. The van der Waals surface area contributed by atoms with Crippen molar-refractivity contribution in [3.63, 3.8) is 0 Å². The summed E-state index contributed by atoms with van der Waals surface area (Å²) in [6, 6.07) is 1.85. The molecule has 0 saturated carbocycles. The zero-order chi connectivity index (χ0) is 12.5. The van der Waals surface area contributed by atoms with Gasteiger partial charge in [-0.25, -0.2) is 13.2 Å². The first kappa shape index (κ1) is 12.8. The molecule has 0 aliphatic carbocycles. The number of hydrogen-bond donors (Lipinski definition) is 1. The molecule has 0 amide bonds. The lowest BCUT2D eigenvalue weighted by Gasteiger charge is -2.14. The van der Waals surface area contributed by atoms with Crippen molar-refractivity contribution in [1.82, 2.24) is 0 Å². The van der Waals surface area contributed by atoms with Crippen LogP contribution >= 0.6 is 0 Å². The van der Waals surface area contributed by atoms with E-state index in [9.17, 15) is 26.3 Å². The average molecular weight is 244 g/mol. The van der Waals surface area contributed by atoms with Gasteiger partial charge in [0.1, 0.15) is 11.9 Å². The van der Waals surface area contributed by atoms with E-state index in [1.54, 1.807) is 0 Å². The molecule has 0 heterocycles. The van der Waals surface area contributed by atoms with E-state index < -0.39 is 35.6 Å². The fourth-order valence-electron chi connectivity index (χ4n) is 1.13. The lowest BCUT2D eigenvalue weighted by molar-refractivity contribution is -0.140. The van der Waals surface area contributed by atoms with E-state index >= 15 is 0 Å². The fraction of sp³-hybridized carbons (Fsp3) is 0.333. The van der Waals surface area contributed by atoms with Gasteiger partial charge in [-0.3, -0.25) is 0 Å². The Labute approximate surface area is 86.3 Å². The van der Waals surface area contributed by atoms with Gasteiger partial charge in [-0.15, -0.1) is 0 Å². The SMILES string of the molecule is OC(c1cccc(C(F)(F)F)c1F)C(F)F. The van der Waals surface area contributed by atoms with E-state index in [-0.39, 0.29) is 0 Å². The first-order valence-electron chi connectivity index (χ1n) is 4.07. The van der Waals surface area contributed by atoms with Gasteiger partial charge in [0.2, 0.25) is 0 Å². The highest BCUT2D eigenvalue weighted by atomic mass is 19.4. The Hall–Kier alpha value is -1.24. The van der Waals surface area contributed by atoms with Crippen molar-refractivity contribution in [3.8, 4) is 0 Å². The molecule has 1 N–H and O–H groups in total. The maximum absolute atomic E-state index is 13.2. The quantitative estimate of drug-likeness (QED) is 0.792. The second-order valence-electron chi connectivity index (χ2n) is 2.99. The molecule has 16 heavy (non-hydrogen) atoms. The second kappa shape index (κ2) is 4.32. The number of aliphatic hydroxyl groups excluding tert-OH is 1. The average Bonchev–Trinajstić information content (AvgIpc) is 2.15. The lowest BCUT2D eigenvalue weighted by atomic mass is 10.0. The van der Waals surface area contributed by atoms with Crippen LogP contribution in [0.15, 0.2) is 18.2 Å². The standard InChI is InChI=1S/C9H6F6O/c10-6-4(7(16)8(11)12)2-1-3-5(6)9(13,14)15/h1-3,7-8,16H. The van der Waals surface area contributed by atoms with Gasteiger partial charge in [-0.1, -0.05) is 12.1 Å². The van der Waals surface area contributed by atoms with Crippen molar-refractivity contribution in [2.45, 2.75) is 18.7 Å². The fourth-order valence-corrected chi connectivity index (χ4v) is 1.13. The number of hydrogen-bond acceptors (Lipinski definition) is 1. The van der Waals surface area contributed by atoms with Gasteiger partial charge in [-0.2, -0.15) is 13.2 Å². The van der Waals surface area contributed by atoms with Crippen LogP contribution < -0.4 is 0 Å². The summed E-state index contributed by atoms with van der Waals surface area (Å²) >= 11 is 0. The Kier molecular flexibility index (Phi) is 3.47. The Morgan fingerprint density at radius 3 is 2.12 bits per heavy atom. The van der Waals surface area contributed by atoms with Crippen LogP contribution in [0.2, 0.25) is 0 Å². The molecule has 7 heteroatoms. The van der Waals surface area contributed by atoms with Crippen LogP contribution in [0.25, 0.3) is 0 Å². The number of benzene rings is 1. The van der Waals surface area contributed by atoms with Gasteiger partial charge in [0.25, 0.3) is 6.43 Å². The molecule has 0 aliphatic heterocycles. The van der Waals surface area contributed by atoms with Gasteiger partial charge < -0.3 is 5.11 Å². The molecule has 0 aliphatic rings. The highest BCUT2D eigenvalue weighted by Crippen LogP contribution is 2.34. The van der Waals surface area contributed by atoms with E-state index in [4.69, 9.17) is 5.11 Å². The van der Waals surface area contributed by atoms with Crippen LogP contribution in [0.3, 0.4) is 0 Å². The third kappa shape index (κ3) is 2.46. The van der Waals surface area contributed by atoms with Crippen LogP contribution in [-0.2, 0) is 6.18 Å². The molecule has 1 aromatic rings. The Morgan fingerprint density at radius 1 is 1.12 bits per heavy atom. The van der Waals surface area contributed by atoms with Crippen LogP contribution in [0, 0.1) is 5.82 Å². The third-order valence-electron chi connectivity index (χ3n) is 1.89. The molecule has 0 saturated heterocycles. The van der Waals surface area contributed by atoms with Crippen molar-refractivity contribution >= 4 is 0 Å². The predicted octanol–water partition coefficient (Wildman–Crippen LogP) is 3.14. The zero-order valence-electron chi connectivity index (χ0n) is 7.60. The largest absolute Gasteiger partial charge is 0.419 e. The molecule has 90 valence electrons. The van der Waals surface area contributed by atoms with Gasteiger partial charge in [-0.05, 0) is 6.07 Å². The normalized spacial score (nSPS) is 14.2. The summed E-state index contributed by atoms with van der Waals surface area (Å²) in [5.74, 6) is -1.87. The van der Waals surface area contributed by atoms with Crippen LogP contribution in [0.1, 0.15) is 17.2 Å². The van der Waals surface area contributed by atoms with Crippen molar-refractivity contribution in [3.05, 3.63) is 35.1 Å². The first-order chi connectivity index (χ1) is 7.25.